The molecular weight excluding hydrogens is 200 g/mol. The molecule has 14 heavy (non-hydrogen) atoms. The molecule has 82 valence electrons. The summed E-state index contributed by atoms with van der Waals surface area (Å²) in [4.78, 5) is 11.2. The van der Waals surface area contributed by atoms with E-state index >= 15 is 0 Å². The van der Waals surface area contributed by atoms with E-state index in [0.29, 0.717) is 6.04 Å². The number of carbonyl (C=O) groups excluding carboxylic acids is 1. The summed E-state index contributed by atoms with van der Waals surface area (Å²) >= 11 is 0. The van der Waals surface area contributed by atoms with Crippen LogP contribution in [0.2, 0.25) is 6.04 Å². The fourth-order valence-electron chi connectivity index (χ4n) is 1.05. The van der Waals surface area contributed by atoms with Crippen LogP contribution in [0.3, 0.4) is 0 Å². The topological polar surface area (TPSA) is 44.8 Å². The number of carbonyl (C=O) groups is 1. The van der Waals surface area contributed by atoms with Crippen LogP contribution in [0.4, 0.5) is 0 Å². The van der Waals surface area contributed by atoms with Crippen LogP contribution >= 0.6 is 0 Å². The Morgan fingerprint density at radius 1 is 1.36 bits per heavy atom. The minimum Gasteiger partial charge on any atom is -0.470 e. The van der Waals surface area contributed by atoms with Gasteiger partial charge in [0.1, 0.15) is 0 Å². The van der Waals surface area contributed by atoms with Gasteiger partial charge < -0.3 is 13.3 Å². The van der Waals surface area contributed by atoms with Gasteiger partial charge in [-0.25, -0.2) is 4.79 Å². The molecule has 0 aromatic heterocycles. The molecule has 0 rings (SSSR count). The van der Waals surface area contributed by atoms with Gasteiger partial charge in [-0.2, -0.15) is 0 Å². The van der Waals surface area contributed by atoms with Crippen molar-refractivity contribution in [2.75, 3.05) is 14.2 Å². The average molecular weight is 218 g/mol. The van der Waals surface area contributed by atoms with E-state index in [2.05, 4.69) is 0 Å². The highest BCUT2D eigenvalue weighted by molar-refractivity contribution is 6.62. The summed E-state index contributed by atoms with van der Waals surface area (Å²) in [5.74, 6) is -0.406. The van der Waals surface area contributed by atoms with Crippen LogP contribution in [-0.4, -0.2) is 29.0 Å². The molecule has 4 nitrogen and oxygen atoms in total. The summed E-state index contributed by atoms with van der Waals surface area (Å²) in [6.45, 7) is 3.74. The van der Waals surface area contributed by atoms with Gasteiger partial charge in [0.2, 0.25) is 0 Å². The zero-order chi connectivity index (χ0) is 11.0. The predicted molar refractivity (Wildman–Crippen MR) is 55.8 cm³/mol. The van der Waals surface area contributed by atoms with Crippen LogP contribution in [0, 0.1) is 0 Å². The van der Waals surface area contributed by atoms with Crippen LogP contribution in [0.25, 0.3) is 0 Å². The lowest BCUT2D eigenvalue weighted by Crippen LogP contribution is -2.45. The van der Waals surface area contributed by atoms with Crippen molar-refractivity contribution in [3.8, 4) is 0 Å². The van der Waals surface area contributed by atoms with Crippen LogP contribution in [0.1, 0.15) is 20.3 Å². The fraction of sp³-hybridized carbons (Fsp3) is 0.667. The van der Waals surface area contributed by atoms with Gasteiger partial charge in [0.25, 0.3) is 0 Å². The lowest BCUT2D eigenvalue weighted by Gasteiger charge is -2.24. The summed E-state index contributed by atoms with van der Waals surface area (Å²) in [5, 5.41) is 0. The van der Waals surface area contributed by atoms with Crippen molar-refractivity contribution in [1.82, 2.24) is 0 Å². The maximum Gasteiger partial charge on any atom is 0.567 e. The quantitative estimate of drug-likeness (QED) is 0.503. The van der Waals surface area contributed by atoms with E-state index < -0.39 is 14.8 Å². The molecule has 0 unspecified atom stereocenters. The first kappa shape index (κ1) is 13.3. The first-order valence-corrected chi connectivity index (χ1v) is 6.53. The molecule has 0 aromatic carbocycles. The highest BCUT2D eigenvalue weighted by Crippen LogP contribution is 2.16. The molecule has 0 aliphatic carbocycles. The van der Waals surface area contributed by atoms with E-state index in [4.69, 9.17) is 13.3 Å². The van der Waals surface area contributed by atoms with E-state index in [-0.39, 0.29) is 0 Å². The highest BCUT2D eigenvalue weighted by Gasteiger charge is 2.41. The zero-order valence-electron chi connectivity index (χ0n) is 9.20. The van der Waals surface area contributed by atoms with Gasteiger partial charge in [-0.3, -0.25) is 0 Å². The summed E-state index contributed by atoms with van der Waals surface area (Å²) in [7, 11) is 0.272. The minimum atomic E-state index is -2.74. The second-order valence-corrected chi connectivity index (χ2v) is 5.65. The van der Waals surface area contributed by atoms with Crippen molar-refractivity contribution >= 4 is 14.8 Å². The molecule has 0 spiro atoms. The standard InChI is InChI=1S/C9H18O4Si/c1-5-7-9(10)13-14(11-3,12-4)8-6-2/h5,7H,6,8H2,1-4H3. The third-order valence-electron chi connectivity index (χ3n) is 1.74. The molecule has 0 saturated carbocycles. The van der Waals surface area contributed by atoms with Crippen molar-refractivity contribution in [2.45, 2.75) is 26.3 Å². The normalized spacial score (nSPS) is 12.0. The molecule has 0 amide bonds. The van der Waals surface area contributed by atoms with Crippen molar-refractivity contribution in [3.05, 3.63) is 12.2 Å². The maximum atomic E-state index is 11.2. The Kier molecular flexibility index (Phi) is 6.43. The fourth-order valence-corrected chi connectivity index (χ4v) is 2.88. The van der Waals surface area contributed by atoms with Crippen LogP contribution in [-0.2, 0) is 18.1 Å². The molecule has 0 aliphatic rings. The summed E-state index contributed by atoms with van der Waals surface area (Å²) in [6, 6.07) is 0.642. The van der Waals surface area contributed by atoms with Gasteiger partial charge in [0, 0.05) is 26.3 Å². The number of hydrogen-bond donors (Lipinski definition) is 0. The van der Waals surface area contributed by atoms with E-state index in [1.165, 1.54) is 20.3 Å². The van der Waals surface area contributed by atoms with E-state index in [1.54, 1.807) is 13.0 Å². The third-order valence-corrected chi connectivity index (χ3v) is 4.61. The molecule has 0 atom stereocenters. The lowest BCUT2D eigenvalue weighted by atomic mass is 10.5. The summed E-state index contributed by atoms with van der Waals surface area (Å²) in [5.41, 5.74) is 0. The molecule has 0 bridgehead atoms. The zero-order valence-corrected chi connectivity index (χ0v) is 10.2. The van der Waals surface area contributed by atoms with Crippen LogP contribution < -0.4 is 0 Å². The number of allylic oxidation sites excluding steroid dienone is 1. The Hall–Kier alpha value is -0.653. The molecule has 0 aliphatic heterocycles. The predicted octanol–water partition coefficient (Wildman–Crippen LogP) is 1.75. The SMILES string of the molecule is CC=CC(=O)O[Si](CCC)(OC)OC. The number of rotatable bonds is 6. The number of hydrogen-bond acceptors (Lipinski definition) is 4. The molecule has 0 aromatic rings. The smallest absolute Gasteiger partial charge is 0.470 e. The van der Waals surface area contributed by atoms with Gasteiger partial charge in [-0.1, -0.05) is 19.4 Å². The second-order valence-electron chi connectivity index (χ2n) is 2.76. The van der Waals surface area contributed by atoms with E-state index in [9.17, 15) is 4.79 Å². The molecular formula is C9H18O4Si. The Bertz CT molecular complexity index is 199. The molecule has 0 N–H and O–H groups in total. The average Bonchev–Trinajstić information content (AvgIpc) is 2.17. The van der Waals surface area contributed by atoms with E-state index in [0.717, 1.165) is 6.42 Å². The van der Waals surface area contributed by atoms with Crippen molar-refractivity contribution in [3.63, 3.8) is 0 Å². The van der Waals surface area contributed by atoms with Gasteiger partial charge in [0.15, 0.2) is 0 Å². The molecule has 0 fully saturated rings. The first-order valence-electron chi connectivity index (χ1n) is 4.60. The Labute approximate surface area is 86.2 Å². The largest absolute Gasteiger partial charge is 0.567 e. The van der Waals surface area contributed by atoms with E-state index in [1.807, 2.05) is 6.92 Å². The summed E-state index contributed by atoms with van der Waals surface area (Å²) in [6.07, 6.45) is 3.84. The van der Waals surface area contributed by atoms with Gasteiger partial charge in [0.05, 0.1) is 0 Å². The van der Waals surface area contributed by atoms with Crippen LogP contribution in [0.15, 0.2) is 12.2 Å². The van der Waals surface area contributed by atoms with Gasteiger partial charge in [-0.15, -0.1) is 0 Å². The Morgan fingerprint density at radius 2 is 1.93 bits per heavy atom. The van der Waals surface area contributed by atoms with Crippen molar-refractivity contribution in [2.24, 2.45) is 0 Å². The van der Waals surface area contributed by atoms with Crippen LogP contribution in [0.5, 0.6) is 0 Å². The molecule has 5 heteroatoms. The highest BCUT2D eigenvalue weighted by atomic mass is 28.4. The molecule has 0 heterocycles. The van der Waals surface area contributed by atoms with Crippen molar-refractivity contribution in [1.29, 1.82) is 0 Å². The lowest BCUT2D eigenvalue weighted by molar-refractivity contribution is -0.133. The Balaban J connectivity index is 4.41. The summed E-state index contributed by atoms with van der Waals surface area (Å²) < 4.78 is 15.6. The minimum absolute atomic E-state index is 0.406. The van der Waals surface area contributed by atoms with Gasteiger partial charge >= 0.3 is 14.8 Å². The third kappa shape index (κ3) is 4.04. The Morgan fingerprint density at radius 3 is 2.29 bits per heavy atom. The first-order chi connectivity index (χ1) is 6.64. The second kappa shape index (κ2) is 6.75. The monoisotopic (exact) mass is 218 g/mol. The van der Waals surface area contributed by atoms with Crippen molar-refractivity contribution < 1.29 is 18.1 Å². The molecule has 0 saturated heterocycles. The van der Waals surface area contributed by atoms with Gasteiger partial charge in [-0.05, 0) is 6.92 Å². The molecule has 0 radical (unpaired) electrons. The maximum absolute atomic E-state index is 11.2.